The monoisotopic (exact) mass is 394 g/mol. The number of Topliss-reactive ketones (excluding diaryl/α,β-unsaturated/α-hetero) is 1. The van der Waals surface area contributed by atoms with Gasteiger partial charge in [0.25, 0.3) is 0 Å². The van der Waals surface area contributed by atoms with E-state index in [4.69, 9.17) is 4.74 Å². The Hall–Kier alpha value is -2.74. The lowest BCUT2D eigenvalue weighted by Crippen LogP contribution is -2.24. The van der Waals surface area contributed by atoms with Gasteiger partial charge < -0.3 is 9.47 Å². The van der Waals surface area contributed by atoms with Crippen LogP contribution in [-0.2, 0) is 9.84 Å². The van der Waals surface area contributed by atoms with Gasteiger partial charge in [0.2, 0.25) is 0 Å². The minimum absolute atomic E-state index is 0.0165. The predicted octanol–water partition coefficient (Wildman–Crippen LogP) is 3.74. The molecule has 142 valence electrons. The lowest BCUT2D eigenvalue weighted by Gasteiger charge is -2.18. The smallest absolute Gasteiger partial charge is 0.387 e. The summed E-state index contributed by atoms with van der Waals surface area (Å²) in [4.78, 5) is 12.7. The van der Waals surface area contributed by atoms with Gasteiger partial charge in [-0.25, -0.2) is 8.42 Å². The molecule has 0 fully saturated rings. The number of alkyl halides is 2. The van der Waals surface area contributed by atoms with E-state index in [0.717, 1.165) is 0 Å². The number of fused-ring (bicyclic) bond motifs is 1. The van der Waals surface area contributed by atoms with Crippen molar-refractivity contribution in [2.24, 2.45) is 0 Å². The highest BCUT2D eigenvalue weighted by Crippen LogP contribution is 2.33. The first-order chi connectivity index (χ1) is 12.8. The highest BCUT2D eigenvalue weighted by Gasteiger charge is 2.32. The number of hydrogen-bond donors (Lipinski definition) is 0. The molecule has 2 aromatic rings. The van der Waals surface area contributed by atoms with Crippen LogP contribution in [0.2, 0.25) is 0 Å². The van der Waals surface area contributed by atoms with Gasteiger partial charge in [0.15, 0.2) is 27.1 Å². The Morgan fingerprint density at radius 3 is 2.59 bits per heavy atom. The second-order valence-corrected chi connectivity index (χ2v) is 7.73. The molecule has 0 bridgehead atoms. The fraction of sp³-hybridized carbons (Fsp3) is 0.211. The van der Waals surface area contributed by atoms with Crippen LogP contribution >= 0.6 is 0 Å². The van der Waals surface area contributed by atoms with E-state index in [2.05, 4.69) is 4.74 Å². The predicted molar refractivity (Wildman–Crippen MR) is 95.0 cm³/mol. The normalized spacial score (nSPS) is 17.0. The number of ether oxygens (including phenoxy) is 2. The van der Waals surface area contributed by atoms with Crippen molar-refractivity contribution in [3.05, 3.63) is 59.2 Å². The molecule has 5 nitrogen and oxygen atoms in total. The summed E-state index contributed by atoms with van der Waals surface area (Å²) in [6.45, 7) is -1.10. The Morgan fingerprint density at radius 2 is 1.89 bits per heavy atom. The average molecular weight is 394 g/mol. The van der Waals surface area contributed by atoms with E-state index in [1.165, 1.54) is 36.4 Å². The maximum atomic E-state index is 12.6. The first-order valence-electron chi connectivity index (χ1n) is 8.10. The van der Waals surface area contributed by atoms with Crippen LogP contribution in [0.1, 0.15) is 22.8 Å². The molecule has 0 amide bonds. The van der Waals surface area contributed by atoms with Crippen LogP contribution < -0.4 is 9.47 Å². The minimum atomic E-state index is -3.63. The third-order valence-corrected chi connectivity index (χ3v) is 5.65. The zero-order valence-electron chi connectivity index (χ0n) is 14.3. The van der Waals surface area contributed by atoms with Crippen LogP contribution in [0.5, 0.6) is 11.5 Å². The van der Waals surface area contributed by atoms with Crippen molar-refractivity contribution >= 4 is 21.7 Å². The summed E-state index contributed by atoms with van der Waals surface area (Å²) >= 11 is 0. The van der Waals surface area contributed by atoms with Crippen molar-refractivity contribution in [1.82, 2.24) is 0 Å². The van der Waals surface area contributed by atoms with Crippen LogP contribution in [0.15, 0.2) is 52.9 Å². The molecular weight excluding hydrogens is 378 g/mol. The number of carbonyl (C=O) groups is 1. The minimum Gasteiger partial charge on any atom is -0.490 e. The van der Waals surface area contributed by atoms with Crippen molar-refractivity contribution in [2.75, 3.05) is 12.4 Å². The van der Waals surface area contributed by atoms with Crippen molar-refractivity contribution in [3.8, 4) is 11.5 Å². The highest BCUT2D eigenvalue weighted by molar-refractivity contribution is 7.91. The lowest BCUT2D eigenvalue weighted by molar-refractivity contribution is -0.0514. The van der Waals surface area contributed by atoms with Gasteiger partial charge in [-0.05, 0) is 42.8 Å². The van der Waals surface area contributed by atoms with Gasteiger partial charge in [-0.3, -0.25) is 4.79 Å². The van der Waals surface area contributed by atoms with Crippen LogP contribution in [0, 0.1) is 0 Å². The molecule has 1 heterocycles. The molecule has 3 rings (SSSR count). The number of rotatable bonds is 5. The van der Waals surface area contributed by atoms with Gasteiger partial charge in [-0.1, -0.05) is 18.2 Å². The molecule has 0 atom stereocenters. The Labute approximate surface area is 155 Å². The fourth-order valence-corrected chi connectivity index (χ4v) is 4.39. The van der Waals surface area contributed by atoms with Crippen molar-refractivity contribution in [1.29, 1.82) is 0 Å². The first-order valence-corrected chi connectivity index (χ1v) is 9.75. The summed E-state index contributed by atoms with van der Waals surface area (Å²) in [5, 5.41) is 0. The topological polar surface area (TPSA) is 69.7 Å². The molecule has 8 heteroatoms. The van der Waals surface area contributed by atoms with E-state index in [1.807, 2.05) is 0 Å². The number of benzene rings is 2. The van der Waals surface area contributed by atoms with E-state index < -0.39 is 22.2 Å². The summed E-state index contributed by atoms with van der Waals surface area (Å²) in [5.74, 6) is -0.867. The molecule has 1 aliphatic rings. The summed E-state index contributed by atoms with van der Waals surface area (Å²) in [7, 11) is -3.63. The summed E-state index contributed by atoms with van der Waals surface area (Å²) < 4.78 is 59.6. The van der Waals surface area contributed by atoms with Gasteiger partial charge in [-0.15, -0.1) is 0 Å². The number of ketones is 1. The number of halogens is 2. The van der Waals surface area contributed by atoms with Gasteiger partial charge >= 0.3 is 6.61 Å². The van der Waals surface area contributed by atoms with E-state index in [-0.39, 0.29) is 39.9 Å². The second kappa shape index (κ2) is 7.48. The van der Waals surface area contributed by atoms with Gasteiger partial charge in [0.05, 0.1) is 17.3 Å². The third-order valence-electron chi connectivity index (χ3n) is 3.93. The zero-order valence-corrected chi connectivity index (χ0v) is 15.1. The van der Waals surface area contributed by atoms with Crippen molar-refractivity contribution in [3.63, 3.8) is 0 Å². The summed E-state index contributed by atoms with van der Waals surface area (Å²) in [6, 6.07) is 10.2. The SMILES string of the molecule is CCOc1cc(C=C2CS(=O)(=O)c3ccccc3C2=O)ccc1OC(F)F. The van der Waals surface area contributed by atoms with Crippen LogP contribution in [0.4, 0.5) is 8.78 Å². The van der Waals surface area contributed by atoms with E-state index in [0.29, 0.717) is 5.56 Å². The maximum absolute atomic E-state index is 12.6. The summed E-state index contributed by atoms with van der Waals surface area (Å²) in [5.41, 5.74) is 0.661. The largest absolute Gasteiger partial charge is 0.490 e. The molecule has 0 saturated carbocycles. The van der Waals surface area contributed by atoms with Gasteiger partial charge in [0, 0.05) is 11.1 Å². The second-order valence-electron chi connectivity index (χ2n) is 5.77. The first kappa shape index (κ1) is 19.0. The molecule has 0 N–H and O–H groups in total. The fourth-order valence-electron chi connectivity index (χ4n) is 2.83. The molecule has 0 unspecified atom stereocenters. The van der Waals surface area contributed by atoms with Crippen LogP contribution in [0.25, 0.3) is 6.08 Å². The summed E-state index contributed by atoms with van der Waals surface area (Å²) in [6.07, 6.45) is 1.42. The Bertz CT molecular complexity index is 1010. The average Bonchev–Trinajstić information content (AvgIpc) is 2.61. The number of sulfone groups is 1. The molecule has 1 aliphatic heterocycles. The third kappa shape index (κ3) is 4.00. The zero-order chi connectivity index (χ0) is 19.6. The molecule has 0 radical (unpaired) electrons. The Balaban J connectivity index is 2.02. The highest BCUT2D eigenvalue weighted by atomic mass is 32.2. The maximum Gasteiger partial charge on any atom is 0.387 e. The molecular formula is C19H16F2O5S. The Morgan fingerprint density at radius 1 is 1.15 bits per heavy atom. The van der Waals surface area contributed by atoms with E-state index in [1.54, 1.807) is 19.1 Å². The van der Waals surface area contributed by atoms with Crippen LogP contribution in [0.3, 0.4) is 0 Å². The van der Waals surface area contributed by atoms with Crippen molar-refractivity contribution < 1.29 is 31.5 Å². The van der Waals surface area contributed by atoms with Crippen LogP contribution in [-0.4, -0.2) is 33.2 Å². The molecule has 0 spiro atoms. The quantitative estimate of drug-likeness (QED) is 0.723. The Kier molecular flexibility index (Phi) is 5.27. The number of carbonyl (C=O) groups excluding carboxylic acids is 1. The van der Waals surface area contributed by atoms with Gasteiger partial charge in [0.1, 0.15) is 0 Å². The lowest BCUT2D eigenvalue weighted by atomic mass is 10.0. The van der Waals surface area contributed by atoms with Crippen molar-refractivity contribution in [2.45, 2.75) is 18.4 Å². The molecule has 0 aliphatic carbocycles. The standard InChI is InChI=1S/C19H16F2O5S/c1-2-25-16-10-12(7-8-15(16)26-19(20)21)9-13-11-27(23,24)17-6-4-3-5-14(17)18(13)22/h3-10,19H,2,11H2,1H3. The number of hydrogen-bond acceptors (Lipinski definition) is 5. The van der Waals surface area contributed by atoms with E-state index in [9.17, 15) is 22.0 Å². The molecule has 27 heavy (non-hydrogen) atoms. The molecule has 0 aromatic heterocycles. The molecule has 0 saturated heterocycles. The van der Waals surface area contributed by atoms with E-state index >= 15 is 0 Å². The van der Waals surface area contributed by atoms with Gasteiger partial charge in [-0.2, -0.15) is 8.78 Å². The molecule has 2 aromatic carbocycles.